The second kappa shape index (κ2) is 6.98. The molecule has 0 unspecified atom stereocenters. The first-order valence-corrected chi connectivity index (χ1v) is 6.61. The summed E-state index contributed by atoms with van der Waals surface area (Å²) < 4.78 is 14.6. The number of aliphatic hydroxyl groups excluding tert-OH is 8. The first kappa shape index (κ1) is 17.9. The number of ether oxygens (including phenoxy) is 3. The third-order valence-corrected chi connectivity index (χ3v) is 3.68. The quantitative estimate of drug-likeness (QED) is 0.247. The first-order chi connectivity index (χ1) is 10.3. The van der Waals surface area contributed by atoms with Crippen LogP contribution in [-0.2, 0) is 14.2 Å². The van der Waals surface area contributed by atoms with Gasteiger partial charge in [0.05, 0.1) is 6.61 Å². The summed E-state index contributed by atoms with van der Waals surface area (Å²) in [6.07, 6.45) is -16.8. The van der Waals surface area contributed by atoms with Gasteiger partial charge >= 0.3 is 0 Å². The standard InChI is InChI=1S/C11H20O11/c12-1-2-3(13)8(7(17)10(19)20-2)21-11-6(16)4(14)5(15)9(18)22-11/h2-19H,1H2/t2-,3-,4+,5+,6-,7-,8+,9+,10-,11+/m1/s1. The molecule has 0 bridgehead atoms. The van der Waals surface area contributed by atoms with E-state index in [4.69, 9.17) is 19.3 Å². The minimum Gasteiger partial charge on any atom is -0.394 e. The molecular weight excluding hydrogens is 308 g/mol. The van der Waals surface area contributed by atoms with Gasteiger partial charge < -0.3 is 55.1 Å². The van der Waals surface area contributed by atoms with Gasteiger partial charge in [0, 0.05) is 0 Å². The van der Waals surface area contributed by atoms with Crippen molar-refractivity contribution in [2.24, 2.45) is 0 Å². The molecule has 10 atom stereocenters. The van der Waals surface area contributed by atoms with Gasteiger partial charge in [-0.3, -0.25) is 0 Å². The lowest BCUT2D eigenvalue weighted by Gasteiger charge is -2.44. The maximum Gasteiger partial charge on any atom is 0.189 e. The number of hydrogen-bond donors (Lipinski definition) is 8. The molecule has 0 aliphatic carbocycles. The molecule has 0 aromatic rings. The molecule has 2 saturated heterocycles. The average molecular weight is 328 g/mol. The van der Waals surface area contributed by atoms with Gasteiger partial charge in [0.25, 0.3) is 0 Å². The van der Waals surface area contributed by atoms with Gasteiger partial charge in [-0.15, -0.1) is 0 Å². The second-order valence-corrected chi connectivity index (χ2v) is 5.20. The third kappa shape index (κ3) is 3.25. The largest absolute Gasteiger partial charge is 0.394 e. The maximum absolute atomic E-state index is 9.92. The summed E-state index contributed by atoms with van der Waals surface area (Å²) >= 11 is 0. The molecule has 2 aliphatic heterocycles. The van der Waals surface area contributed by atoms with E-state index in [1.54, 1.807) is 0 Å². The minimum absolute atomic E-state index is 0.678. The molecule has 2 aliphatic rings. The Morgan fingerprint density at radius 3 is 1.86 bits per heavy atom. The SMILES string of the molecule is OC[C@H]1O[C@@H](O)[C@H](O)[C@@H](O[C@H]2O[C@H](O)[C@@H](O)[C@H](O)[C@H]2O)[C@@H]1O. The third-order valence-electron chi connectivity index (χ3n) is 3.68. The van der Waals surface area contributed by atoms with E-state index in [0.717, 1.165) is 0 Å². The predicted octanol–water partition coefficient (Wildman–Crippen LogP) is -5.44. The zero-order chi connectivity index (χ0) is 16.6. The van der Waals surface area contributed by atoms with E-state index in [9.17, 15) is 35.7 Å². The number of aliphatic hydroxyl groups is 8. The van der Waals surface area contributed by atoms with E-state index < -0.39 is 68.2 Å². The summed E-state index contributed by atoms with van der Waals surface area (Å²) in [5.41, 5.74) is 0. The molecule has 0 saturated carbocycles. The van der Waals surface area contributed by atoms with Crippen molar-refractivity contribution < 1.29 is 55.1 Å². The summed E-state index contributed by atoms with van der Waals surface area (Å²) in [6, 6.07) is 0. The number of rotatable bonds is 3. The lowest BCUT2D eigenvalue weighted by Crippen LogP contribution is -2.64. The van der Waals surface area contributed by atoms with Gasteiger partial charge in [-0.25, -0.2) is 0 Å². The highest BCUT2D eigenvalue weighted by Crippen LogP contribution is 2.27. The van der Waals surface area contributed by atoms with Gasteiger partial charge in [-0.2, -0.15) is 0 Å². The molecule has 0 aromatic carbocycles. The van der Waals surface area contributed by atoms with E-state index in [2.05, 4.69) is 0 Å². The molecule has 0 aromatic heterocycles. The summed E-state index contributed by atoms with van der Waals surface area (Å²) in [4.78, 5) is 0. The van der Waals surface area contributed by atoms with Crippen LogP contribution >= 0.6 is 0 Å². The van der Waals surface area contributed by atoms with Crippen LogP contribution < -0.4 is 0 Å². The molecule has 0 spiro atoms. The van der Waals surface area contributed by atoms with Gasteiger partial charge in [0.2, 0.25) is 0 Å². The molecule has 130 valence electrons. The summed E-state index contributed by atoms with van der Waals surface area (Å²) in [7, 11) is 0. The normalized spacial score (nSPS) is 53.5. The van der Waals surface area contributed by atoms with Crippen molar-refractivity contribution in [3.05, 3.63) is 0 Å². The van der Waals surface area contributed by atoms with Gasteiger partial charge in [-0.1, -0.05) is 0 Å². The maximum atomic E-state index is 9.92. The van der Waals surface area contributed by atoms with Crippen LogP contribution in [0.5, 0.6) is 0 Å². The Kier molecular flexibility index (Phi) is 5.68. The smallest absolute Gasteiger partial charge is 0.189 e. The van der Waals surface area contributed by atoms with Crippen LogP contribution in [0.3, 0.4) is 0 Å². The molecule has 11 nitrogen and oxygen atoms in total. The molecule has 11 heteroatoms. The Bertz CT molecular complexity index is 368. The van der Waals surface area contributed by atoms with Crippen molar-refractivity contribution in [1.29, 1.82) is 0 Å². The van der Waals surface area contributed by atoms with Gasteiger partial charge in [-0.05, 0) is 0 Å². The molecular formula is C11H20O11. The molecule has 2 rings (SSSR count). The van der Waals surface area contributed by atoms with E-state index in [1.807, 2.05) is 0 Å². The fraction of sp³-hybridized carbons (Fsp3) is 1.00. The Labute approximate surface area is 124 Å². The Hall–Kier alpha value is -0.440. The monoisotopic (exact) mass is 328 g/mol. The lowest BCUT2D eigenvalue weighted by molar-refractivity contribution is -0.376. The average Bonchev–Trinajstić information content (AvgIpc) is 2.50. The van der Waals surface area contributed by atoms with Crippen molar-refractivity contribution in [3.8, 4) is 0 Å². The molecule has 0 radical (unpaired) electrons. The van der Waals surface area contributed by atoms with Crippen molar-refractivity contribution in [1.82, 2.24) is 0 Å². The highest BCUT2D eigenvalue weighted by Gasteiger charge is 2.50. The van der Waals surface area contributed by atoms with E-state index >= 15 is 0 Å². The Balaban J connectivity index is 2.10. The van der Waals surface area contributed by atoms with E-state index in [1.165, 1.54) is 0 Å². The van der Waals surface area contributed by atoms with Crippen LogP contribution in [0, 0.1) is 0 Å². The van der Waals surface area contributed by atoms with E-state index in [-0.39, 0.29) is 0 Å². The zero-order valence-electron chi connectivity index (χ0n) is 11.3. The van der Waals surface area contributed by atoms with Crippen molar-refractivity contribution in [3.63, 3.8) is 0 Å². The first-order valence-electron chi connectivity index (χ1n) is 6.61. The molecule has 2 heterocycles. The molecule has 22 heavy (non-hydrogen) atoms. The summed E-state index contributed by atoms with van der Waals surface area (Å²) in [5, 5.41) is 76.2. The van der Waals surface area contributed by atoms with Crippen LogP contribution in [0.2, 0.25) is 0 Å². The number of hydrogen-bond acceptors (Lipinski definition) is 11. The summed E-state index contributed by atoms with van der Waals surface area (Å²) in [6.45, 7) is -0.678. The van der Waals surface area contributed by atoms with Crippen LogP contribution in [0.25, 0.3) is 0 Å². The fourth-order valence-electron chi connectivity index (χ4n) is 2.33. The van der Waals surface area contributed by atoms with Crippen LogP contribution in [0.1, 0.15) is 0 Å². The lowest BCUT2D eigenvalue weighted by atomic mass is 9.98. The van der Waals surface area contributed by atoms with Crippen LogP contribution in [0.15, 0.2) is 0 Å². The Morgan fingerprint density at radius 2 is 1.27 bits per heavy atom. The van der Waals surface area contributed by atoms with Gasteiger partial charge in [0.15, 0.2) is 18.9 Å². The fourth-order valence-corrected chi connectivity index (χ4v) is 2.33. The molecule has 8 N–H and O–H groups in total. The topological polar surface area (TPSA) is 190 Å². The van der Waals surface area contributed by atoms with Crippen molar-refractivity contribution in [2.75, 3.05) is 6.61 Å². The highest BCUT2D eigenvalue weighted by molar-refractivity contribution is 4.92. The zero-order valence-corrected chi connectivity index (χ0v) is 11.3. The van der Waals surface area contributed by atoms with Crippen LogP contribution in [-0.4, -0.2) is 109 Å². The molecule has 0 amide bonds. The van der Waals surface area contributed by atoms with Crippen LogP contribution in [0.4, 0.5) is 0 Å². The van der Waals surface area contributed by atoms with E-state index in [0.29, 0.717) is 0 Å². The van der Waals surface area contributed by atoms with Gasteiger partial charge in [0.1, 0.15) is 42.7 Å². The van der Waals surface area contributed by atoms with Crippen molar-refractivity contribution >= 4 is 0 Å². The minimum atomic E-state index is -1.86. The van der Waals surface area contributed by atoms with Crippen molar-refractivity contribution in [2.45, 2.75) is 61.6 Å². The summed E-state index contributed by atoms with van der Waals surface area (Å²) in [5.74, 6) is 0. The predicted molar refractivity (Wildman–Crippen MR) is 63.8 cm³/mol. The highest BCUT2D eigenvalue weighted by atomic mass is 16.8. The Morgan fingerprint density at radius 1 is 0.682 bits per heavy atom. The second-order valence-electron chi connectivity index (χ2n) is 5.20. The molecule has 2 fully saturated rings.